The minimum absolute atomic E-state index is 0.128. The molecule has 0 bridgehead atoms. The molecule has 2 aromatic rings. The molecule has 0 aliphatic heterocycles. The van der Waals surface area contributed by atoms with E-state index in [1.54, 1.807) is 0 Å². The molecule has 0 heterocycles. The summed E-state index contributed by atoms with van der Waals surface area (Å²) in [5.41, 5.74) is -0.0801. The Morgan fingerprint density at radius 1 is 1.10 bits per heavy atom. The zero-order valence-electron chi connectivity index (χ0n) is 14.2. The molecule has 1 amide bonds. The molecule has 0 saturated heterocycles. The fraction of sp³-hybridized carbons (Fsp3) is 0.125. The highest BCUT2D eigenvalue weighted by molar-refractivity contribution is 7.89. The average molecular weight is 453 g/mol. The van der Waals surface area contributed by atoms with Gasteiger partial charge in [0.2, 0.25) is 10.0 Å². The molecule has 29 heavy (non-hydrogen) atoms. The first-order valence-electron chi connectivity index (χ1n) is 7.50. The summed E-state index contributed by atoms with van der Waals surface area (Å²) in [4.78, 5) is 23.3. The summed E-state index contributed by atoms with van der Waals surface area (Å²) in [6.07, 6.45) is -4.84. The van der Waals surface area contributed by atoms with Crippen LogP contribution in [0.25, 0.3) is 0 Å². The van der Waals surface area contributed by atoms with Gasteiger partial charge in [-0.3, -0.25) is 4.79 Å². The van der Waals surface area contributed by atoms with Crippen molar-refractivity contribution < 1.29 is 40.7 Å². The van der Waals surface area contributed by atoms with Crippen LogP contribution in [0.5, 0.6) is 5.75 Å². The number of esters is 1. The maximum Gasteiger partial charge on any atom is 0.573 e. The molecule has 0 unspecified atom stereocenters. The summed E-state index contributed by atoms with van der Waals surface area (Å²) in [5, 5.41) is 7.08. The molecule has 13 heteroatoms. The summed E-state index contributed by atoms with van der Waals surface area (Å²) in [6.45, 7) is -0.743. The Bertz CT molecular complexity index is 1030. The first-order valence-corrected chi connectivity index (χ1v) is 9.43. The zero-order chi connectivity index (χ0) is 21.8. The van der Waals surface area contributed by atoms with E-state index < -0.39 is 45.5 Å². The molecular formula is C16H12ClF3N2O6S. The fourth-order valence-electron chi connectivity index (χ4n) is 2.00. The van der Waals surface area contributed by atoms with Gasteiger partial charge in [0.25, 0.3) is 5.91 Å². The lowest BCUT2D eigenvalue weighted by Gasteiger charge is -2.10. The molecule has 156 valence electrons. The monoisotopic (exact) mass is 452 g/mol. The molecule has 8 nitrogen and oxygen atoms in total. The van der Waals surface area contributed by atoms with E-state index in [2.05, 4.69) is 10.1 Å². The highest BCUT2D eigenvalue weighted by atomic mass is 35.5. The predicted octanol–water partition coefficient (Wildman–Crippen LogP) is 2.68. The van der Waals surface area contributed by atoms with Gasteiger partial charge in [0.1, 0.15) is 10.6 Å². The van der Waals surface area contributed by atoms with Gasteiger partial charge in [0.05, 0.1) is 10.6 Å². The van der Waals surface area contributed by atoms with E-state index in [4.69, 9.17) is 21.5 Å². The summed E-state index contributed by atoms with van der Waals surface area (Å²) in [6, 6.07) is 7.47. The van der Waals surface area contributed by atoms with E-state index in [1.807, 2.05) is 0 Å². The van der Waals surface area contributed by atoms with Gasteiger partial charge < -0.3 is 14.8 Å². The van der Waals surface area contributed by atoms with Crippen LogP contribution in [0, 0.1) is 0 Å². The molecule has 0 atom stereocenters. The smallest absolute Gasteiger partial charge is 0.452 e. The third-order valence-corrected chi connectivity index (χ3v) is 4.57. The number of primary sulfonamides is 1. The van der Waals surface area contributed by atoms with Gasteiger partial charge in [-0.15, -0.1) is 13.2 Å². The van der Waals surface area contributed by atoms with E-state index in [1.165, 1.54) is 6.07 Å². The Labute approximate surface area is 167 Å². The van der Waals surface area contributed by atoms with E-state index in [0.29, 0.717) is 0 Å². The lowest BCUT2D eigenvalue weighted by molar-refractivity contribution is -0.274. The van der Waals surface area contributed by atoms with Crippen molar-refractivity contribution in [3.8, 4) is 5.75 Å². The molecule has 0 aliphatic carbocycles. The Morgan fingerprint density at radius 2 is 1.72 bits per heavy atom. The van der Waals surface area contributed by atoms with Gasteiger partial charge >= 0.3 is 12.3 Å². The van der Waals surface area contributed by atoms with E-state index in [0.717, 1.165) is 36.4 Å². The summed E-state index contributed by atoms with van der Waals surface area (Å²) >= 11 is 5.70. The maximum absolute atomic E-state index is 12.1. The van der Waals surface area contributed by atoms with Crippen LogP contribution < -0.4 is 15.2 Å². The van der Waals surface area contributed by atoms with Gasteiger partial charge in [-0.25, -0.2) is 18.4 Å². The molecular weight excluding hydrogens is 441 g/mol. The largest absolute Gasteiger partial charge is 0.573 e. The SMILES string of the molecule is NS(=O)(=O)c1cc(C(=O)OCC(=O)Nc2ccc(OC(F)(F)F)cc2)ccc1Cl. The summed E-state index contributed by atoms with van der Waals surface area (Å²) in [7, 11) is -4.18. The van der Waals surface area contributed by atoms with Gasteiger partial charge in [-0.1, -0.05) is 11.6 Å². The first kappa shape index (κ1) is 22.5. The second-order valence-corrected chi connectivity index (χ2v) is 7.32. The zero-order valence-corrected chi connectivity index (χ0v) is 15.8. The number of amides is 1. The van der Waals surface area contributed by atoms with Crippen molar-refractivity contribution in [1.29, 1.82) is 0 Å². The quantitative estimate of drug-likeness (QED) is 0.649. The third kappa shape index (κ3) is 6.93. The number of alkyl halides is 3. The molecule has 0 saturated carbocycles. The standard InChI is InChI=1S/C16H12ClF3N2O6S/c17-12-6-1-9(7-13(12)29(21,25)26)15(24)27-8-14(23)22-10-2-4-11(5-3-10)28-16(18,19)20/h1-7H,8H2,(H,22,23)(H2,21,25,26). The number of halogens is 4. The molecule has 2 rings (SSSR count). The van der Waals surface area contributed by atoms with Gasteiger partial charge in [-0.05, 0) is 42.5 Å². The summed E-state index contributed by atoms with van der Waals surface area (Å²) < 4.78 is 67.5. The van der Waals surface area contributed by atoms with Crippen molar-refractivity contribution in [2.24, 2.45) is 5.14 Å². The van der Waals surface area contributed by atoms with Crippen LogP contribution in [0.1, 0.15) is 10.4 Å². The fourth-order valence-corrected chi connectivity index (χ4v) is 3.07. The van der Waals surface area contributed by atoms with Crippen LogP contribution in [0.4, 0.5) is 18.9 Å². The van der Waals surface area contributed by atoms with Crippen molar-refractivity contribution in [3.63, 3.8) is 0 Å². The number of hydrogen-bond donors (Lipinski definition) is 2. The number of nitrogens with one attached hydrogen (secondary N) is 1. The van der Waals surface area contributed by atoms with Crippen LogP contribution in [-0.4, -0.2) is 33.3 Å². The minimum Gasteiger partial charge on any atom is -0.452 e. The lowest BCUT2D eigenvalue weighted by Crippen LogP contribution is -2.21. The number of ether oxygens (including phenoxy) is 2. The molecule has 0 radical (unpaired) electrons. The predicted molar refractivity (Wildman–Crippen MR) is 94.9 cm³/mol. The molecule has 0 fully saturated rings. The summed E-state index contributed by atoms with van der Waals surface area (Å²) in [5.74, 6) is -2.28. The number of carbonyl (C=O) groups excluding carboxylic acids is 2. The van der Waals surface area contributed by atoms with Crippen LogP contribution >= 0.6 is 11.6 Å². The Balaban J connectivity index is 1.95. The van der Waals surface area contributed by atoms with Crippen molar-refractivity contribution in [3.05, 3.63) is 53.1 Å². The topological polar surface area (TPSA) is 125 Å². The Morgan fingerprint density at radius 3 is 2.28 bits per heavy atom. The van der Waals surface area contributed by atoms with Crippen molar-refractivity contribution in [1.82, 2.24) is 0 Å². The minimum atomic E-state index is -4.84. The maximum atomic E-state index is 12.1. The van der Waals surface area contributed by atoms with Crippen molar-refractivity contribution in [2.75, 3.05) is 11.9 Å². The van der Waals surface area contributed by atoms with Crippen LogP contribution in [0.15, 0.2) is 47.4 Å². The Hall–Kier alpha value is -2.83. The van der Waals surface area contributed by atoms with Crippen molar-refractivity contribution >= 4 is 39.2 Å². The average Bonchev–Trinajstić information content (AvgIpc) is 2.59. The van der Waals surface area contributed by atoms with E-state index >= 15 is 0 Å². The van der Waals surface area contributed by atoms with E-state index in [9.17, 15) is 31.2 Å². The first-order chi connectivity index (χ1) is 13.3. The second kappa shape index (κ2) is 8.68. The van der Waals surface area contributed by atoms with Crippen LogP contribution in [0.2, 0.25) is 5.02 Å². The lowest BCUT2D eigenvalue weighted by atomic mass is 10.2. The molecule has 0 aliphatic rings. The van der Waals surface area contributed by atoms with Gasteiger partial charge in [-0.2, -0.15) is 0 Å². The molecule has 3 N–H and O–H groups in total. The van der Waals surface area contributed by atoms with Gasteiger partial charge in [0, 0.05) is 5.69 Å². The van der Waals surface area contributed by atoms with Crippen LogP contribution in [-0.2, 0) is 19.6 Å². The number of anilines is 1. The number of carbonyl (C=O) groups is 2. The molecule has 2 aromatic carbocycles. The van der Waals surface area contributed by atoms with Crippen LogP contribution in [0.3, 0.4) is 0 Å². The normalized spacial score (nSPS) is 11.6. The number of sulfonamides is 1. The van der Waals surface area contributed by atoms with Crippen molar-refractivity contribution in [2.45, 2.75) is 11.3 Å². The van der Waals surface area contributed by atoms with Gasteiger partial charge in [0.15, 0.2) is 6.61 Å². The number of hydrogen-bond acceptors (Lipinski definition) is 6. The highest BCUT2D eigenvalue weighted by Gasteiger charge is 2.31. The third-order valence-electron chi connectivity index (χ3n) is 3.18. The highest BCUT2D eigenvalue weighted by Crippen LogP contribution is 2.24. The Kier molecular flexibility index (Phi) is 6.72. The molecule has 0 aromatic heterocycles. The van der Waals surface area contributed by atoms with E-state index in [-0.39, 0.29) is 16.3 Å². The second-order valence-electron chi connectivity index (χ2n) is 5.39. The number of benzene rings is 2. The number of nitrogens with two attached hydrogens (primary N) is 1. The molecule has 0 spiro atoms. The number of rotatable bonds is 6.